The molecule has 7 rings (SSSR count). The highest BCUT2D eigenvalue weighted by Gasteiger charge is 2.24. The van der Waals surface area contributed by atoms with Crippen LogP contribution in [0.25, 0.3) is 22.1 Å². The van der Waals surface area contributed by atoms with Crippen LogP contribution in [0.2, 0.25) is 0 Å². The summed E-state index contributed by atoms with van der Waals surface area (Å²) in [5.41, 5.74) is 15.1. The third-order valence-corrected chi connectivity index (χ3v) is 10.6. The summed E-state index contributed by atoms with van der Waals surface area (Å²) in [7, 11) is 1.45. The summed E-state index contributed by atoms with van der Waals surface area (Å²) in [5.74, 6) is -1.53. The zero-order valence-electron chi connectivity index (χ0n) is 40.6. The smallest absolute Gasteiger partial charge is 0.407 e. The average molecular weight is 973 g/mol. The Hall–Kier alpha value is -8.83. The van der Waals surface area contributed by atoms with E-state index in [4.69, 9.17) is 35.6 Å². The van der Waals surface area contributed by atoms with Crippen LogP contribution >= 0.6 is 0 Å². The van der Waals surface area contributed by atoms with Crippen molar-refractivity contribution in [1.29, 1.82) is 0 Å². The first kappa shape index (κ1) is 50.1. The Morgan fingerprint density at radius 2 is 1.20 bits per heavy atom. The molecule has 0 atom stereocenters. The lowest BCUT2D eigenvalue weighted by Crippen LogP contribution is -2.32. The Morgan fingerprint density at radius 1 is 0.690 bits per heavy atom. The van der Waals surface area contributed by atoms with E-state index >= 15 is 0 Å². The van der Waals surface area contributed by atoms with Crippen LogP contribution in [-0.2, 0) is 44.0 Å². The molecule has 0 bridgehead atoms. The third-order valence-electron chi connectivity index (χ3n) is 10.6. The number of ether oxygens (including phenoxy) is 3. The normalized spacial score (nSPS) is 11.8. The lowest BCUT2D eigenvalue weighted by atomic mass is 10.1. The fraction of sp³-hybridized carbons (Fsp3) is 0.340. The summed E-state index contributed by atoms with van der Waals surface area (Å²) in [6.45, 7) is 14.2. The predicted octanol–water partition coefficient (Wildman–Crippen LogP) is 4.65. The number of nitrogens with one attached hydrogen (secondary N) is 3. The molecule has 0 saturated carbocycles. The number of hydrogen-bond acceptors (Lipinski definition) is 14. The van der Waals surface area contributed by atoms with E-state index in [1.165, 1.54) is 42.4 Å². The molecule has 0 spiro atoms. The molecule has 7 N–H and O–H groups in total. The van der Waals surface area contributed by atoms with Gasteiger partial charge in [0, 0.05) is 37.3 Å². The number of anilines is 2. The Kier molecular flexibility index (Phi) is 15.0. The quantitative estimate of drug-likeness (QED) is 0.0650. The van der Waals surface area contributed by atoms with Gasteiger partial charge >= 0.3 is 6.09 Å². The van der Waals surface area contributed by atoms with Crippen LogP contribution in [0, 0.1) is 13.8 Å². The van der Waals surface area contributed by atoms with Gasteiger partial charge in [0.15, 0.2) is 0 Å². The first-order valence-electron chi connectivity index (χ1n) is 22.6. The number of fused-ring (bicyclic) bond motifs is 2. The number of alkyl carbamates (subject to hydrolysis) is 1. The van der Waals surface area contributed by atoms with Crippen LogP contribution in [0.5, 0.6) is 11.5 Å². The molecule has 0 fully saturated rings. The maximum atomic E-state index is 13.9. The van der Waals surface area contributed by atoms with Crippen LogP contribution in [0.15, 0.2) is 66.9 Å². The number of carbonyl (C=O) groups is 5. The number of hydrogen-bond donors (Lipinski definition) is 5. The summed E-state index contributed by atoms with van der Waals surface area (Å²) in [4.78, 5) is 75.5. The summed E-state index contributed by atoms with van der Waals surface area (Å²) in [6.07, 6.45) is 8.12. The molecule has 0 unspecified atom stereocenters. The monoisotopic (exact) mass is 972 g/mol. The first-order chi connectivity index (χ1) is 33.9. The number of primary amides is 2. The van der Waals surface area contributed by atoms with Crippen LogP contribution in [0.1, 0.15) is 93.4 Å². The molecule has 24 nitrogen and oxygen atoms in total. The molecule has 0 saturated heterocycles. The van der Waals surface area contributed by atoms with E-state index in [1.54, 1.807) is 77.4 Å². The van der Waals surface area contributed by atoms with Crippen molar-refractivity contribution in [2.45, 2.75) is 93.3 Å². The fourth-order valence-electron chi connectivity index (χ4n) is 7.54. The van der Waals surface area contributed by atoms with Gasteiger partial charge in [0.1, 0.15) is 51.8 Å². The van der Waals surface area contributed by atoms with Crippen molar-refractivity contribution in [3.63, 3.8) is 0 Å². The molecule has 372 valence electrons. The topological polar surface area (TPSA) is 303 Å². The number of carbonyl (C=O) groups excluding carboxylic acids is 5. The van der Waals surface area contributed by atoms with Crippen LogP contribution in [-0.4, -0.2) is 103 Å². The molecule has 2 aromatic carbocycles. The van der Waals surface area contributed by atoms with Gasteiger partial charge in [0.25, 0.3) is 11.8 Å². The van der Waals surface area contributed by atoms with Gasteiger partial charge in [0.2, 0.25) is 23.7 Å². The van der Waals surface area contributed by atoms with Gasteiger partial charge in [-0.3, -0.25) is 39.2 Å². The van der Waals surface area contributed by atoms with E-state index in [0.717, 1.165) is 0 Å². The minimum absolute atomic E-state index is 0.0312. The zero-order valence-corrected chi connectivity index (χ0v) is 40.6. The lowest BCUT2D eigenvalue weighted by Gasteiger charge is -2.19. The number of allylic oxidation sites excluding steroid dienone is 3. The number of amides is 5. The van der Waals surface area contributed by atoms with Crippen molar-refractivity contribution >= 4 is 63.7 Å². The van der Waals surface area contributed by atoms with Crippen LogP contribution < -0.4 is 36.9 Å². The van der Waals surface area contributed by atoms with Gasteiger partial charge in [-0.05, 0) is 90.9 Å². The summed E-state index contributed by atoms with van der Waals surface area (Å²) < 4.78 is 23.9. The molecule has 7 aromatic rings. The van der Waals surface area contributed by atoms with Crippen molar-refractivity contribution in [3.8, 4) is 11.5 Å². The van der Waals surface area contributed by atoms with E-state index in [0.29, 0.717) is 69.4 Å². The highest BCUT2D eigenvalue weighted by atomic mass is 16.6. The number of methoxy groups -OCH3 is 1. The van der Waals surface area contributed by atoms with Gasteiger partial charge in [0.05, 0.1) is 48.8 Å². The summed E-state index contributed by atoms with van der Waals surface area (Å²) in [5, 5.41) is 25.9. The molecular weight excluding hydrogens is 917 g/mol. The van der Waals surface area contributed by atoms with Gasteiger partial charge < -0.3 is 40.1 Å². The molecule has 71 heavy (non-hydrogen) atoms. The Morgan fingerprint density at radius 3 is 1.69 bits per heavy atom. The van der Waals surface area contributed by atoms with Crippen LogP contribution in [0.4, 0.5) is 16.7 Å². The Balaban J connectivity index is 1.19. The summed E-state index contributed by atoms with van der Waals surface area (Å²) in [6, 6.07) is 9.38. The van der Waals surface area contributed by atoms with Crippen molar-refractivity contribution < 1.29 is 38.2 Å². The maximum absolute atomic E-state index is 13.9. The molecule has 5 aromatic heterocycles. The maximum Gasteiger partial charge on any atom is 0.407 e. The number of aryl methyl sites for hydroxylation is 4. The van der Waals surface area contributed by atoms with E-state index in [9.17, 15) is 24.0 Å². The van der Waals surface area contributed by atoms with Gasteiger partial charge in [-0.15, -0.1) is 0 Å². The van der Waals surface area contributed by atoms with E-state index in [2.05, 4.69) is 36.3 Å². The second-order valence-corrected chi connectivity index (χ2v) is 17.1. The number of nitrogens with zero attached hydrogens (tertiary/aromatic N) is 11. The number of imidazole rings is 2. The standard InChI is InChI=1S/C47H56N16O8/c1-9-61-34(19-27(3)56-61)42(66)54-44-52-32-21-29(40(48)64)23-36(69-8)38(32)59(44)15-11-12-16-60-39-33(53-45(60)55-43(67)35-20-28(4)57-62(35)10-2)22-30(41(49)65)24-37(39)70-18-14-13-17-63-51-26-31(58-63)25-50-46(68)71-47(5,6)7/h11-14,19-24,26H,9-10,15-18,25H2,1-8H3,(H2,48,64)(H2,49,65)(H,50,68)(H,52,54,66)(H,53,55,67)/b12-11+,14-13+. The minimum Gasteiger partial charge on any atom is -0.494 e. The third kappa shape index (κ3) is 11.7. The Bertz CT molecular complexity index is 3220. The molecule has 0 aliphatic carbocycles. The molecule has 5 amide bonds. The minimum atomic E-state index is -0.723. The zero-order chi connectivity index (χ0) is 51.1. The summed E-state index contributed by atoms with van der Waals surface area (Å²) >= 11 is 0. The second-order valence-electron chi connectivity index (χ2n) is 17.1. The van der Waals surface area contributed by atoms with Crippen molar-refractivity contribution in [2.24, 2.45) is 11.5 Å². The highest BCUT2D eigenvalue weighted by molar-refractivity contribution is 6.05. The highest BCUT2D eigenvalue weighted by Crippen LogP contribution is 2.33. The molecule has 0 aliphatic rings. The van der Waals surface area contributed by atoms with Gasteiger partial charge in [-0.2, -0.15) is 25.2 Å². The number of nitrogens with two attached hydrogens (primary N) is 2. The first-order valence-corrected chi connectivity index (χ1v) is 22.6. The fourth-order valence-corrected chi connectivity index (χ4v) is 7.54. The predicted molar refractivity (Wildman–Crippen MR) is 261 cm³/mol. The average Bonchev–Trinajstić information content (AvgIpc) is 4.16. The molecule has 0 radical (unpaired) electrons. The number of benzene rings is 2. The molecular formula is C47H56N16O8. The largest absolute Gasteiger partial charge is 0.494 e. The van der Waals surface area contributed by atoms with Crippen LogP contribution in [0.3, 0.4) is 0 Å². The van der Waals surface area contributed by atoms with Gasteiger partial charge in [-0.25, -0.2) is 14.8 Å². The van der Waals surface area contributed by atoms with Crippen molar-refractivity contribution in [1.82, 2.24) is 59.0 Å². The number of rotatable bonds is 20. The second kappa shape index (κ2) is 21.2. The van der Waals surface area contributed by atoms with E-state index in [1.807, 2.05) is 26.0 Å². The number of aromatic nitrogens is 11. The van der Waals surface area contributed by atoms with Crippen molar-refractivity contribution in [2.75, 3.05) is 24.4 Å². The Labute approximate surface area is 407 Å². The molecule has 0 aliphatic heterocycles. The molecule has 24 heteroatoms. The van der Waals surface area contributed by atoms with E-state index < -0.39 is 35.3 Å². The van der Waals surface area contributed by atoms with E-state index in [-0.39, 0.29) is 61.6 Å². The SMILES string of the molecule is CCn1nc(C)cc1C(=O)Nc1nc2cc(C(N)=O)cc(OC)c2n1C/C=C/Cn1c(NC(=O)c2cc(C)nn2CC)nc2cc(C(N)=O)cc(OC/C=C/Cn3ncc(CNC(=O)OC(C)(C)C)n3)c21. The van der Waals surface area contributed by atoms with Gasteiger partial charge in [-0.1, -0.05) is 18.2 Å². The lowest BCUT2D eigenvalue weighted by molar-refractivity contribution is 0.0522. The van der Waals surface area contributed by atoms with Crippen molar-refractivity contribution in [3.05, 3.63) is 106 Å². The molecule has 5 heterocycles.